The van der Waals surface area contributed by atoms with Crippen LogP contribution in [-0.2, 0) is 21.1 Å². The van der Waals surface area contributed by atoms with Crippen LogP contribution in [0.2, 0.25) is 0 Å². The van der Waals surface area contributed by atoms with Gasteiger partial charge in [-0.1, -0.05) is 115 Å². The molecule has 0 aliphatic rings. The predicted molar refractivity (Wildman–Crippen MR) is 196 cm³/mol. The fraction of sp³-hybridized carbons (Fsp3) is 0. The third-order valence-corrected chi connectivity index (χ3v) is 8.50. The smallest absolute Gasteiger partial charge is 0.136 e. The second-order valence-corrected chi connectivity index (χ2v) is 11.6. The van der Waals surface area contributed by atoms with Crippen molar-refractivity contribution < 1.29 is 26.2 Å². The molecule has 0 bridgehead atoms. The summed E-state index contributed by atoms with van der Waals surface area (Å²) in [5.74, 6) is 0.965. The second kappa shape index (κ2) is 14.1. The van der Waals surface area contributed by atoms with E-state index in [9.17, 15) is 5.11 Å². The zero-order valence-electron chi connectivity index (χ0n) is 26.3. The number of pyridine rings is 2. The van der Waals surface area contributed by atoms with Gasteiger partial charge in [0.25, 0.3) is 0 Å². The van der Waals surface area contributed by atoms with Crippen LogP contribution in [0.5, 0.6) is 5.75 Å². The molecule has 8 aromatic rings. The van der Waals surface area contributed by atoms with Crippen molar-refractivity contribution in [3.63, 3.8) is 0 Å². The van der Waals surface area contributed by atoms with Crippen LogP contribution in [0.4, 0.5) is 17.2 Å². The summed E-state index contributed by atoms with van der Waals surface area (Å²) in [6.45, 7) is 0. The van der Waals surface area contributed by atoms with Gasteiger partial charge in [0, 0.05) is 38.2 Å². The first-order valence-electron chi connectivity index (χ1n) is 15.9. The molecule has 6 aromatic carbocycles. The Labute approximate surface area is 300 Å². The number of fused-ring (bicyclic) bond motifs is 1. The van der Waals surface area contributed by atoms with Crippen LogP contribution < -0.4 is 4.90 Å². The molecule has 5 heteroatoms. The Morgan fingerprint density at radius 2 is 1.18 bits per heavy atom. The van der Waals surface area contributed by atoms with Gasteiger partial charge in [-0.25, -0.2) is 4.98 Å². The minimum absolute atomic E-state index is 0. The average Bonchev–Trinajstić information content (AvgIpc) is 3.16. The molecule has 1 N–H and O–H groups in total. The van der Waals surface area contributed by atoms with Crippen LogP contribution in [0.15, 0.2) is 176 Å². The van der Waals surface area contributed by atoms with Gasteiger partial charge in [-0.15, -0.1) is 29.8 Å². The van der Waals surface area contributed by atoms with E-state index in [-0.39, 0.29) is 26.8 Å². The van der Waals surface area contributed by atoms with Gasteiger partial charge in [-0.2, -0.15) is 0 Å². The van der Waals surface area contributed by atoms with Crippen molar-refractivity contribution in [2.75, 3.05) is 4.90 Å². The van der Waals surface area contributed by atoms with Crippen LogP contribution in [0.1, 0.15) is 0 Å². The summed E-state index contributed by atoms with van der Waals surface area (Å²) in [6.07, 6.45) is 1.86. The normalized spacial score (nSPS) is 10.8. The minimum Gasteiger partial charge on any atom is -0.507 e. The largest absolute Gasteiger partial charge is 0.507 e. The molecular formula is C44H30N3OPt-. The quantitative estimate of drug-likeness (QED) is 0.163. The number of rotatable bonds is 7. The van der Waals surface area contributed by atoms with Crippen molar-refractivity contribution in [1.29, 1.82) is 0 Å². The van der Waals surface area contributed by atoms with Crippen molar-refractivity contribution in [3.05, 3.63) is 182 Å². The standard InChI is InChI=1S/C44H30N3O.Pt/c48-43-24-10-9-22-39(43)41-29-36(32-15-5-2-6-16-32)28-40(46-41)35-19-11-20-37(27-35)47(42-23-12-18-33-17-7-8-21-38(33)42)44-30-34(25-26-45-44)31-13-3-1-4-14-31;/h1-26,28-30,48H;/q-1;. The number of hydrogen-bond acceptors (Lipinski definition) is 4. The first-order chi connectivity index (χ1) is 23.7. The SMILES string of the molecule is Oc1ccccc1-c1cc(-c2ccccc2)cc(-c2[c-]c(N(c3cc(-c4ccccc4)ccn3)c3cccc4ccccc34)ccc2)n1.[Pt]. The first-order valence-corrected chi connectivity index (χ1v) is 15.9. The Bertz CT molecular complexity index is 2370. The zero-order valence-corrected chi connectivity index (χ0v) is 28.6. The molecule has 238 valence electrons. The van der Waals surface area contributed by atoms with Crippen LogP contribution in [-0.4, -0.2) is 15.1 Å². The topological polar surface area (TPSA) is 49.2 Å². The van der Waals surface area contributed by atoms with E-state index in [0.717, 1.165) is 61.5 Å². The number of benzene rings is 6. The number of anilines is 3. The molecule has 0 amide bonds. The maximum Gasteiger partial charge on any atom is 0.136 e. The van der Waals surface area contributed by atoms with E-state index >= 15 is 0 Å². The van der Waals surface area contributed by atoms with E-state index in [0.29, 0.717) is 11.3 Å². The maximum absolute atomic E-state index is 10.8. The Hall–Kier alpha value is -5.83. The monoisotopic (exact) mass is 811 g/mol. The van der Waals surface area contributed by atoms with E-state index < -0.39 is 0 Å². The van der Waals surface area contributed by atoms with Gasteiger partial charge in [0.2, 0.25) is 0 Å². The van der Waals surface area contributed by atoms with E-state index in [1.54, 1.807) is 6.07 Å². The molecule has 2 heterocycles. The Kier molecular flexibility index (Phi) is 9.14. The number of para-hydroxylation sites is 1. The van der Waals surface area contributed by atoms with Crippen LogP contribution in [0.25, 0.3) is 55.5 Å². The summed E-state index contributed by atoms with van der Waals surface area (Å²) in [5.41, 5.74) is 9.03. The molecule has 0 radical (unpaired) electrons. The molecule has 0 aliphatic heterocycles. The summed E-state index contributed by atoms with van der Waals surface area (Å²) in [5, 5.41) is 13.0. The summed E-state index contributed by atoms with van der Waals surface area (Å²) < 4.78 is 0. The third-order valence-electron chi connectivity index (χ3n) is 8.50. The molecule has 0 unspecified atom stereocenters. The van der Waals surface area contributed by atoms with Gasteiger partial charge in [-0.05, 0) is 75.4 Å². The van der Waals surface area contributed by atoms with Crippen molar-refractivity contribution in [2.45, 2.75) is 0 Å². The van der Waals surface area contributed by atoms with Crippen LogP contribution in [0, 0.1) is 6.07 Å². The van der Waals surface area contributed by atoms with Gasteiger partial charge < -0.3 is 10.0 Å². The summed E-state index contributed by atoms with van der Waals surface area (Å²) >= 11 is 0. The molecule has 0 saturated carbocycles. The Balaban J connectivity index is 0.00000378. The summed E-state index contributed by atoms with van der Waals surface area (Å²) in [4.78, 5) is 12.2. The molecule has 8 rings (SSSR count). The number of phenolic OH excluding ortho intramolecular Hbond substituents is 1. The Morgan fingerprint density at radius 3 is 1.98 bits per heavy atom. The molecule has 49 heavy (non-hydrogen) atoms. The second-order valence-electron chi connectivity index (χ2n) is 11.6. The average molecular weight is 812 g/mol. The molecule has 0 atom stereocenters. The fourth-order valence-electron chi connectivity index (χ4n) is 6.16. The molecule has 0 spiro atoms. The van der Waals surface area contributed by atoms with Crippen molar-refractivity contribution in [2.24, 2.45) is 0 Å². The fourth-order valence-corrected chi connectivity index (χ4v) is 6.16. The van der Waals surface area contributed by atoms with E-state index in [1.165, 1.54) is 0 Å². The van der Waals surface area contributed by atoms with E-state index in [1.807, 2.05) is 72.9 Å². The van der Waals surface area contributed by atoms with Crippen molar-refractivity contribution in [3.8, 4) is 50.5 Å². The summed E-state index contributed by atoms with van der Waals surface area (Å²) in [7, 11) is 0. The minimum atomic E-state index is 0. The number of aromatic hydroxyl groups is 1. The van der Waals surface area contributed by atoms with Crippen molar-refractivity contribution in [1.82, 2.24) is 9.97 Å². The number of phenols is 1. The number of aromatic nitrogens is 2. The van der Waals surface area contributed by atoms with Gasteiger partial charge >= 0.3 is 0 Å². The van der Waals surface area contributed by atoms with E-state index in [4.69, 9.17) is 9.97 Å². The van der Waals surface area contributed by atoms with Gasteiger partial charge in [0.05, 0.1) is 11.4 Å². The maximum atomic E-state index is 10.8. The Morgan fingerprint density at radius 1 is 0.531 bits per heavy atom. The first kappa shape index (κ1) is 31.8. The molecule has 2 aromatic heterocycles. The van der Waals surface area contributed by atoms with Crippen LogP contribution in [0.3, 0.4) is 0 Å². The summed E-state index contributed by atoms with van der Waals surface area (Å²) in [6, 6.07) is 60.8. The number of hydrogen-bond donors (Lipinski definition) is 1. The van der Waals surface area contributed by atoms with Crippen molar-refractivity contribution >= 4 is 28.0 Å². The van der Waals surface area contributed by atoms with Crippen LogP contribution >= 0.6 is 0 Å². The predicted octanol–water partition coefficient (Wildman–Crippen LogP) is 11.3. The zero-order chi connectivity index (χ0) is 32.3. The van der Waals surface area contributed by atoms with E-state index in [2.05, 4.69) is 108 Å². The molecule has 4 nitrogen and oxygen atoms in total. The van der Waals surface area contributed by atoms with Gasteiger partial charge in [0.1, 0.15) is 11.6 Å². The molecular weight excluding hydrogens is 782 g/mol. The van der Waals surface area contributed by atoms with Gasteiger partial charge in [0.15, 0.2) is 0 Å². The molecule has 0 saturated heterocycles. The third kappa shape index (κ3) is 6.52. The number of nitrogens with zero attached hydrogens (tertiary/aromatic N) is 3. The molecule has 0 fully saturated rings. The van der Waals surface area contributed by atoms with Gasteiger partial charge in [-0.3, -0.25) is 4.98 Å². The molecule has 0 aliphatic carbocycles.